The SMILES string of the molecule is CCN(CC)C(=O)c1ccc(Nc2ccc([N+](=O)[O-])cc2F)cc1. The van der Waals surface area contributed by atoms with Crippen molar-refractivity contribution in [1.29, 1.82) is 0 Å². The van der Waals surface area contributed by atoms with Crippen LogP contribution in [0.1, 0.15) is 24.2 Å². The number of carbonyl (C=O) groups is 1. The van der Waals surface area contributed by atoms with E-state index in [2.05, 4.69) is 5.32 Å². The lowest BCUT2D eigenvalue weighted by atomic mass is 10.1. The summed E-state index contributed by atoms with van der Waals surface area (Å²) < 4.78 is 13.9. The van der Waals surface area contributed by atoms with Crippen LogP contribution >= 0.6 is 0 Å². The number of hydrogen-bond acceptors (Lipinski definition) is 4. The second-order valence-electron chi connectivity index (χ2n) is 5.10. The average molecular weight is 331 g/mol. The van der Waals surface area contributed by atoms with Gasteiger partial charge >= 0.3 is 0 Å². The van der Waals surface area contributed by atoms with Crippen LogP contribution in [0.2, 0.25) is 0 Å². The lowest BCUT2D eigenvalue weighted by molar-refractivity contribution is -0.385. The van der Waals surface area contributed by atoms with Gasteiger partial charge in [-0.2, -0.15) is 0 Å². The fourth-order valence-electron chi connectivity index (χ4n) is 2.26. The Kier molecular flexibility index (Phi) is 5.47. The molecule has 0 atom stereocenters. The summed E-state index contributed by atoms with van der Waals surface area (Å²) in [5, 5.41) is 13.5. The topological polar surface area (TPSA) is 75.5 Å². The zero-order chi connectivity index (χ0) is 17.7. The number of rotatable bonds is 6. The van der Waals surface area contributed by atoms with E-state index in [1.54, 1.807) is 29.2 Å². The minimum Gasteiger partial charge on any atom is -0.353 e. The molecule has 0 radical (unpaired) electrons. The van der Waals surface area contributed by atoms with Crippen molar-refractivity contribution in [3.05, 3.63) is 64.0 Å². The molecule has 0 saturated carbocycles. The van der Waals surface area contributed by atoms with Gasteiger partial charge in [0.05, 0.1) is 16.7 Å². The maximum absolute atomic E-state index is 13.9. The molecule has 1 amide bonds. The number of nitro benzene ring substituents is 1. The zero-order valence-electron chi connectivity index (χ0n) is 13.5. The number of anilines is 2. The highest BCUT2D eigenvalue weighted by Crippen LogP contribution is 2.24. The summed E-state index contributed by atoms with van der Waals surface area (Å²) in [6.45, 7) is 5.08. The second kappa shape index (κ2) is 7.54. The zero-order valence-corrected chi connectivity index (χ0v) is 13.5. The van der Waals surface area contributed by atoms with Gasteiger partial charge in [0.15, 0.2) is 5.82 Å². The standard InChI is InChI=1S/C17H18FN3O3/c1-3-20(4-2)17(22)12-5-7-13(8-6-12)19-16-10-9-14(21(23)24)11-15(16)18/h5-11,19H,3-4H2,1-2H3. The Bertz CT molecular complexity index is 743. The second-order valence-corrected chi connectivity index (χ2v) is 5.10. The van der Waals surface area contributed by atoms with Gasteiger partial charge in [0, 0.05) is 30.4 Å². The molecule has 0 aliphatic heterocycles. The van der Waals surface area contributed by atoms with Gasteiger partial charge in [0.2, 0.25) is 0 Å². The quantitative estimate of drug-likeness (QED) is 0.642. The summed E-state index contributed by atoms with van der Waals surface area (Å²) in [5.74, 6) is -0.777. The lowest BCUT2D eigenvalue weighted by Gasteiger charge is -2.18. The molecule has 2 rings (SSSR count). The molecule has 126 valence electrons. The van der Waals surface area contributed by atoms with Gasteiger partial charge in [-0.05, 0) is 44.2 Å². The minimum absolute atomic E-state index is 0.0620. The van der Waals surface area contributed by atoms with Crippen molar-refractivity contribution in [1.82, 2.24) is 4.90 Å². The molecule has 0 aromatic heterocycles. The Morgan fingerprint density at radius 1 is 1.17 bits per heavy atom. The summed E-state index contributed by atoms with van der Waals surface area (Å²) >= 11 is 0. The molecular weight excluding hydrogens is 313 g/mol. The number of nitro groups is 1. The third-order valence-corrected chi connectivity index (χ3v) is 3.62. The Labute approximate surface area is 139 Å². The predicted molar refractivity (Wildman–Crippen MR) is 90.0 cm³/mol. The van der Waals surface area contributed by atoms with E-state index < -0.39 is 10.7 Å². The van der Waals surface area contributed by atoms with Gasteiger partial charge < -0.3 is 10.2 Å². The van der Waals surface area contributed by atoms with Crippen molar-refractivity contribution >= 4 is 23.0 Å². The maximum atomic E-state index is 13.9. The van der Waals surface area contributed by atoms with E-state index in [1.807, 2.05) is 13.8 Å². The Balaban J connectivity index is 2.15. The lowest BCUT2D eigenvalue weighted by Crippen LogP contribution is -2.30. The van der Waals surface area contributed by atoms with Gasteiger partial charge in [-0.15, -0.1) is 0 Å². The normalized spacial score (nSPS) is 10.3. The molecule has 0 unspecified atom stereocenters. The van der Waals surface area contributed by atoms with E-state index in [0.717, 1.165) is 6.07 Å². The maximum Gasteiger partial charge on any atom is 0.272 e. The highest BCUT2D eigenvalue weighted by atomic mass is 19.1. The van der Waals surface area contributed by atoms with Crippen LogP contribution in [0.5, 0.6) is 0 Å². The smallest absolute Gasteiger partial charge is 0.272 e. The minimum atomic E-state index is -0.715. The predicted octanol–water partition coefficient (Wildman–Crippen LogP) is 3.96. The number of hydrogen-bond donors (Lipinski definition) is 1. The van der Waals surface area contributed by atoms with Crippen LogP contribution in [0.4, 0.5) is 21.5 Å². The van der Waals surface area contributed by atoms with Gasteiger partial charge in [0.1, 0.15) is 0 Å². The number of nitrogens with zero attached hydrogens (tertiary/aromatic N) is 2. The van der Waals surface area contributed by atoms with Crippen LogP contribution in [0, 0.1) is 15.9 Å². The number of halogens is 1. The summed E-state index contributed by atoms with van der Waals surface area (Å²) in [5.41, 5.74) is 0.953. The monoisotopic (exact) mass is 331 g/mol. The van der Waals surface area contributed by atoms with Gasteiger partial charge in [0.25, 0.3) is 11.6 Å². The van der Waals surface area contributed by atoms with Crippen LogP contribution in [0.25, 0.3) is 0 Å². The number of benzene rings is 2. The van der Waals surface area contributed by atoms with Crippen LogP contribution in [0.3, 0.4) is 0 Å². The number of nitrogens with one attached hydrogen (secondary N) is 1. The summed E-state index contributed by atoms with van der Waals surface area (Å²) in [6.07, 6.45) is 0. The largest absolute Gasteiger partial charge is 0.353 e. The molecule has 7 heteroatoms. The van der Waals surface area contributed by atoms with Crippen molar-refractivity contribution in [3.63, 3.8) is 0 Å². The third-order valence-electron chi connectivity index (χ3n) is 3.62. The van der Waals surface area contributed by atoms with Crippen molar-refractivity contribution in [2.75, 3.05) is 18.4 Å². The van der Waals surface area contributed by atoms with E-state index in [4.69, 9.17) is 0 Å². The number of non-ortho nitro benzene ring substituents is 1. The number of amides is 1. The van der Waals surface area contributed by atoms with E-state index in [1.165, 1.54) is 12.1 Å². The van der Waals surface area contributed by atoms with Crippen molar-refractivity contribution < 1.29 is 14.1 Å². The first-order valence-electron chi connectivity index (χ1n) is 7.56. The Morgan fingerprint density at radius 3 is 2.29 bits per heavy atom. The van der Waals surface area contributed by atoms with Crippen molar-refractivity contribution in [3.8, 4) is 0 Å². The molecule has 1 N–H and O–H groups in total. The molecule has 0 aliphatic rings. The molecule has 2 aromatic rings. The van der Waals surface area contributed by atoms with Crippen LogP contribution in [-0.2, 0) is 0 Å². The summed E-state index contributed by atoms with van der Waals surface area (Å²) in [7, 11) is 0. The average Bonchev–Trinajstić information content (AvgIpc) is 2.58. The van der Waals surface area contributed by atoms with E-state index in [-0.39, 0.29) is 17.3 Å². The first kappa shape index (κ1) is 17.4. The highest BCUT2D eigenvalue weighted by Gasteiger charge is 2.13. The summed E-state index contributed by atoms with van der Waals surface area (Å²) in [4.78, 5) is 23.9. The molecule has 24 heavy (non-hydrogen) atoms. The van der Waals surface area contributed by atoms with Crippen molar-refractivity contribution in [2.45, 2.75) is 13.8 Å². The van der Waals surface area contributed by atoms with Crippen LogP contribution in [-0.4, -0.2) is 28.8 Å². The van der Waals surface area contributed by atoms with Gasteiger partial charge in [-0.3, -0.25) is 14.9 Å². The highest BCUT2D eigenvalue weighted by molar-refractivity contribution is 5.94. The molecule has 0 spiro atoms. The number of carbonyl (C=O) groups excluding carboxylic acids is 1. The third kappa shape index (κ3) is 3.87. The molecule has 0 saturated heterocycles. The van der Waals surface area contributed by atoms with Crippen molar-refractivity contribution in [2.24, 2.45) is 0 Å². The van der Waals surface area contributed by atoms with Gasteiger partial charge in [-0.25, -0.2) is 4.39 Å². The van der Waals surface area contributed by atoms with Gasteiger partial charge in [-0.1, -0.05) is 0 Å². The Morgan fingerprint density at radius 2 is 1.79 bits per heavy atom. The fraction of sp³-hybridized carbons (Fsp3) is 0.235. The molecule has 6 nitrogen and oxygen atoms in total. The van der Waals surface area contributed by atoms with E-state index in [9.17, 15) is 19.3 Å². The molecular formula is C17H18FN3O3. The fourth-order valence-corrected chi connectivity index (χ4v) is 2.26. The first-order chi connectivity index (χ1) is 11.5. The van der Waals surface area contributed by atoms with Crippen LogP contribution in [0.15, 0.2) is 42.5 Å². The molecule has 0 aliphatic carbocycles. The molecule has 2 aromatic carbocycles. The molecule has 0 bridgehead atoms. The van der Waals surface area contributed by atoms with E-state index in [0.29, 0.717) is 24.3 Å². The first-order valence-corrected chi connectivity index (χ1v) is 7.56. The Hall–Kier alpha value is -2.96. The van der Waals surface area contributed by atoms with E-state index >= 15 is 0 Å². The van der Waals surface area contributed by atoms with Crippen LogP contribution < -0.4 is 5.32 Å². The summed E-state index contributed by atoms with van der Waals surface area (Å²) in [6, 6.07) is 10.0. The molecule has 0 fully saturated rings. The molecule has 0 heterocycles.